The Morgan fingerprint density at radius 3 is 2.26 bits per heavy atom. The molecule has 2 aromatic carbocycles. The maximum Gasteiger partial charge on any atom is 0.279 e. The summed E-state index contributed by atoms with van der Waals surface area (Å²) in [5.74, 6) is 0.474. The van der Waals surface area contributed by atoms with Gasteiger partial charge in [0.05, 0.1) is 11.3 Å². The minimum atomic E-state index is 0.00991. The van der Waals surface area contributed by atoms with Gasteiger partial charge in [0, 0.05) is 5.69 Å². The molecule has 1 N–H and O–H groups in total. The third-order valence-corrected chi connectivity index (χ3v) is 3.93. The Morgan fingerprint density at radius 2 is 1.65 bits per heavy atom. The summed E-state index contributed by atoms with van der Waals surface area (Å²) in [5.41, 5.74) is 4.80. The fraction of sp³-hybridized carbons (Fsp3) is 0.250. The third-order valence-electron chi connectivity index (χ3n) is 3.93. The van der Waals surface area contributed by atoms with Crippen LogP contribution < -0.4 is 5.56 Å². The van der Waals surface area contributed by atoms with Crippen molar-refractivity contribution in [1.82, 2.24) is 9.78 Å². The van der Waals surface area contributed by atoms with Crippen LogP contribution in [-0.2, 0) is 6.42 Å². The van der Waals surface area contributed by atoms with Crippen LogP contribution in [-0.4, -0.2) is 9.78 Å². The molecule has 0 saturated heterocycles. The normalized spacial score (nSPS) is 11.1. The van der Waals surface area contributed by atoms with Gasteiger partial charge in [0.15, 0.2) is 0 Å². The Bertz CT molecular complexity index is 840. The van der Waals surface area contributed by atoms with E-state index in [1.54, 1.807) is 4.68 Å². The number of aryl methyl sites for hydroxylation is 1. The lowest BCUT2D eigenvalue weighted by Gasteiger charge is -2.05. The molecule has 0 radical (unpaired) electrons. The van der Waals surface area contributed by atoms with E-state index in [-0.39, 0.29) is 5.56 Å². The average Bonchev–Trinajstić information content (AvgIpc) is 2.84. The Morgan fingerprint density at radius 1 is 1.00 bits per heavy atom. The highest BCUT2D eigenvalue weighted by Gasteiger charge is 2.17. The number of aromatic nitrogens is 2. The average molecular weight is 306 g/mol. The molecule has 0 amide bonds. The molecule has 0 aliphatic heterocycles. The first-order valence-corrected chi connectivity index (χ1v) is 8.02. The van der Waals surface area contributed by atoms with Crippen LogP contribution in [0.2, 0.25) is 0 Å². The molecule has 0 unspecified atom stereocenters. The van der Waals surface area contributed by atoms with Crippen molar-refractivity contribution in [2.24, 2.45) is 5.92 Å². The van der Waals surface area contributed by atoms with Gasteiger partial charge in [-0.1, -0.05) is 61.9 Å². The van der Waals surface area contributed by atoms with Gasteiger partial charge < -0.3 is 0 Å². The summed E-state index contributed by atoms with van der Waals surface area (Å²) in [5, 5.41) is 3.32. The predicted octanol–water partition coefficient (Wildman–Crippen LogP) is 4.34. The number of aromatic amines is 1. The van der Waals surface area contributed by atoms with Gasteiger partial charge in [-0.25, -0.2) is 4.68 Å². The van der Waals surface area contributed by atoms with Crippen LogP contribution in [0.15, 0.2) is 59.4 Å². The van der Waals surface area contributed by atoms with E-state index in [2.05, 4.69) is 18.9 Å². The van der Waals surface area contributed by atoms with Crippen LogP contribution in [0, 0.1) is 12.8 Å². The Hall–Kier alpha value is -2.55. The lowest BCUT2D eigenvalue weighted by molar-refractivity contribution is 0.628. The van der Waals surface area contributed by atoms with Crippen LogP contribution in [0.25, 0.3) is 16.8 Å². The maximum absolute atomic E-state index is 13.0. The van der Waals surface area contributed by atoms with Gasteiger partial charge in [0.1, 0.15) is 0 Å². The molecule has 1 aromatic heterocycles. The number of H-pyrrole nitrogens is 1. The molecule has 3 rings (SSSR count). The summed E-state index contributed by atoms with van der Waals surface area (Å²) < 4.78 is 1.65. The second kappa shape index (κ2) is 6.29. The molecule has 0 aliphatic rings. The van der Waals surface area contributed by atoms with Gasteiger partial charge in [0.25, 0.3) is 5.56 Å². The number of nitrogens with one attached hydrogen (secondary N) is 1. The van der Waals surface area contributed by atoms with E-state index in [0.717, 1.165) is 28.9 Å². The van der Waals surface area contributed by atoms with Crippen LogP contribution in [0.4, 0.5) is 0 Å². The maximum atomic E-state index is 13.0. The molecule has 0 fully saturated rings. The lowest BCUT2D eigenvalue weighted by atomic mass is 10.0. The number of nitrogens with zero attached hydrogens (tertiary/aromatic N) is 1. The molecule has 3 heteroatoms. The first-order valence-electron chi connectivity index (χ1n) is 8.02. The first-order chi connectivity index (χ1) is 11.1. The fourth-order valence-corrected chi connectivity index (χ4v) is 2.82. The van der Waals surface area contributed by atoms with Crippen molar-refractivity contribution in [3.63, 3.8) is 0 Å². The smallest absolute Gasteiger partial charge is 0.279 e. The van der Waals surface area contributed by atoms with Crippen LogP contribution in [0.1, 0.15) is 25.1 Å². The van der Waals surface area contributed by atoms with Gasteiger partial charge in [-0.2, -0.15) is 0 Å². The van der Waals surface area contributed by atoms with Crippen molar-refractivity contribution in [1.29, 1.82) is 0 Å². The summed E-state index contributed by atoms with van der Waals surface area (Å²) in [6, 6.07) is 17.9. The highest BCUT2D eigenvalue weighted by Crippen LogP contribution is 2.22. The van der Waals surface area contributed by atoms with E-state index in [4.69, 9.17) is 0 Å². The number of hydrogen-bond acceptors (Lipinski definition) is 1. The quantitative estimate of drug-likeness (QED) is 0.765. The minimum absolute atomic E-state index is 0.00991. The van der Waals surface area contributed by atoms with Crippen LogP contribution >= 0.6 is 0 Å². The molecule has 0 spiro atoms. The fourth-order valence-electron chi connectivity index (χ4n) is 2.82. The highest BCUT2D eigenvalue weighted by molar-refractivity contribution is 5.65. The van der Waals surface area contributed by atoms with E-state index >= 15 is 0 Å². The van der Waals surface area contributed by atoms with Crippen molar-refractivity contribution in [2.45, 2.75) is 27.2 Å². The molecule has 3 nitrogen and oxygen atoms in total. The van der Waals surface area contributed by atoms with E-state index in [1.165, 1.54) is 5.56 Å². The lowest BCUT2D eigenvalue weighted by Crippen LogP contribution is -2.15. The molecule has 3 aromatic rings. The van der Waals surface area contributed by atoms with Gasteiger partial charge >= 0.3 is 0 Å². The number of benzene rings is 2. The van der Waals surface area contributed by atoms with Crippen molar-refractivity contribution < 1.29 is 0 Å². The Kier molecular flexibility index (Phi) is 4.20. The molecule has 0 aliphatic carbocycles. The van der Waals surface area contributed by atoms with E-state index < -0.39 is 0 Å². The molecule has 1 heterocycles. The zero-order valence-electron chi connectivity index (χ0n) is 13.8. The summed E-state index contributed by atoms with van der Waals surface area (Å²) in [6.45, 7) is 6.37. The minimum Gasteiger partial charge on any atom is -0.294 e. The second-order valence-corrected chi connectivity index (χ2v) is 6.41. The molecular formula is C20H22N2O. The zero-order chi connectivity index (χ0) is 16.4. The largest absolute Gasteiger partial charge is 0.294 e. The molecule has 23 heavy (non-hydrogen) atoms. The summed E-state index contributed by atoms with van der Waals surface area (Å²) in [4.78, 5) is 13.0. The standard InChI is InChI=1S/C20H22N2O/c1-14(2)13-18-19(16-7-5-4-6-8-16)20(23)22(21-18)17-11-9-15(3)10-12-17/h4-12,14,21H,13H2,1-3H3. The summed E-state index contributed by atoms with van der Waals surface area (Å²) in [6.07, 6.45) is 0.846. The predicted molar refractivity (Wildman–Crippen MR) is 95.1 cm³/mol. The molecule has 0 bridgehead atoms. The number of rotatable bonds is 4. The van der Waals surface area contributed by atoms with E-state index in [9.17, 15) is 4.79 Å². The van der Waals surface area contributed by atoms with Gasteiger partial charge in [-0.3, -0.25) is 9.89 Å². The SMILES string of the molecule is Cc1ccc(-n2[nH]c(CC(C)C)c(-c3ccccc3)c2=O)cc1. The third kappa shape index (κ3) is 3.14. The van der Waals surface area contributed by atoms with E-state index in [1.807, 2.05) is 61.5 Å². The van der Waals surface area contributed by atoms with Crippen LogP contribution in [0.3, 0.4) is 0 Å². The molecular weight excluding hydrogens is 284 g/mol. The Labute approximate surface area is 136 Å². The van der Waals surface area contributed by atoms with Crippen molar-refractivity contribution >= 4 is 0 Å². The monoisotopic (exact) mass is 306 g/mol. The van der Waals surface area contributed by atoms with Crippen molar-refractivity contribution in [3.05, 3.63) is 76.2 Å². The van der Waals surface area contributed by atoms with Gasteiger partial charge in [0.2, 0.25) is 0 Å². The van der Waals surface area contributed by atoms with Gasteiger partial charge in [-0.05, 0) is 37.0 Å². The molecule has 118 valence electrons. The van der Waals surface area contributed by atoms with E-state index in [0.29, 0.717) is 5.92 Å². The molecule has 0 saturated carbocycles. The van der Waals surface area contributed by atoms with Crippen LogP contribution in [0.5, 0.6) is 0 Å². The topological polar surface area (TPSA) is 37.8 Å². The first kappa shape index (κ1) is 15.3. The Balaban J connectivity index is 2.18. The molecule has 0 atom stereocenters. The number of hydrogen-bond donors (Lipinski definition) is 1. The second-order valence-electron chi connectivity index (χ2n) is 6.41. The summed E-state index contributed by atoms with van der Waals surface area (Å²) in [7, 11) is 0. The van der Waals surface area contributed by atoms with Crippen molar-refractivity contribution in [3.8, 4) is 16.8 Å². The zero-order valence-corrected chi connectivity index (χ0v) is 13.8. The van der Waals surface area contributed by atoms with Gasteiger partial charge in [-0.15, -0.1) is 0 Å². The highest BCUT2D eigenvalue weighted by atomic mass is 16.1. The summed E-state index contributed by atoms with van der Waals surface area (Å²) >= 11 is 0. The van der Waals surface area contributed by atoms with Crippen molar-refractivity contribution in [2.75, 3.05) is 0 Å².